The summed E-state index contributed by atoms with van der Waals surface area (Å²) >= 11 is 0. The fraction of sp³-hybridized carbons (Fsp3) is 0.667. The third kappa shape index (κ3) is 60.6. The van der Waals surface area contributed by atoms with Crippen molar-refractivity contribution in [3.05, 3.63) is 122 Å². The minimum absolute atomic E-state index is 0.0976. The minimum atomic E-state index is -0.805. The van der Waals surface area contributed by atoms with Crippen molar-refractivity contribution < 1.29 is 28.6 Å². The zero-order valence-corrected chi connectivity index (χ0v) is 48.8. The number of carbonyl (C=O) groups is 3. The number of esters is 3. The van der Waals surface area contributed by atoms with E-state index >= 15 is 0 Å². The van der Waals surface area contributed by atoms with Crippen LogP contribution in [-0.4, -0.2) is 37.2 Å². The molecule has 0 aliphatic rings. The Hall–Kier alpha value is -4.19. The Bertz CT molecular complexity index is 1570. The number of carbonyl (C=O) groups excluding carboxylic acids is 3. The highest BCUT2D eigenvalue weighted by molar-refractivity contribution is 5.71. The maximum absolute atomic E-state index is 12.9. The van der Waals surface area contributed by atoms with Gasteiger partial charge in [0.05, 0.1) is 0 Å². The summed E-state index contributed by atoms with van der Waals surface area (Å²) in [7, 11) is 0. The van der Waals surface area contributed by atoms with Crippen molar-refractivity contribution in [1.82, 2.24) is 0 Å². The van der Waals surface area contributed by atoms with Gasteiger partial charge in [-0.05, 0) is 109 Å². The van der Waals surface area contributed by atoms with Crippen molar-refractivity contribution in [1.29, 1.82) is 0 Å². The Morgan fingerprint density at radius 3 is 0.880 bits per heavy atom. The molecule has 0 saturated carbocycles. The number of hydrogen-bond donors (Lipinski definition) is 0. The van der Waals surface area contributed by atoms with Crippen molar-refractivity contribution in [2.24, 2.45) is 0 Å². The Morgan fingerprint density at radius 2 is 0.533 bits per heavy atom. The molecule has 0 saturated heterocycles. The second kappa shape index (κ2) is 62.4. The fourth-order valence-electron chi connectivity index (χ4n) is 8.32. The molecule has 0 bridgehead atoms. The molecule has 0 rings (SSSR count). The van der Waals surface area contributed by atoms with E-state index in [2.05, 4.69) is 142 Å². The molecule has 1 unspecified atom stereocenters. The van der Waals surface area contributed by atoms with E-state index in [1.807, 2.05) is 0 Å². The highest BCUT2D eigenvalue weighted by Gasteiger charge is 2.19. The molecule has 6 nitrogen and oxygen atoms in total. The number of hydrogen-bond acceptors (Lipinski definition) is 6. The van der Waals surface area contributed by atoms with Crippen LogP contribution in [0, 0.1) is 0 Å². The topological polar surface area (TPSA) is 78.9 Å². The van der Waals surface area contributed by atoms with E-state index in [9.17, 15) is 14.4 Å². The molecule has 0 fully saturated rings. The summed E-state index contributed by atoms with van der Waals surface area (Å²) in [4.78, 5) is 38.2. The van der Waals surface area contributed by atoms with Crippen molar-refractivity contribution in [3.8, 4) is 0 Å². The van der Waals surface area contributed by atoms with Crippen LogP contribution in [0.1, 0.15) is 278 Å². The molecular formula is C69H114O6. The largest absolute Gasteiger partial charge is 0.462 e. The van der Waals surface area contributed by atoms with Crippen LogP contribution in [0.15, 0.2) is 122 Å². The first kappa shape index (κ1) is 70.8. The molecule has 0 radical (unpaired) electrons. The summed E-state index contributed by atoms with van der Waals surface area (Å²) in [5.41, 5.74) is 0. The zero-order chi connectivity index (χ0) is 54.3. The predicted molar refractivity (Wildman–Crippen MR) is 325 cm³/mol. The lowest BCUT2D eigenvalue weighted by Crippen LogP contribution is -2.30. The summed E-state index contributed by atoms with van der Waals surface area (Å²) in [6.07, 6.45) is 86.3. The highest BCUT2D eigenvalue weighted by Crippen LogP contribution is 2.15. The Labute approximate surface area is 462 Å². The second-order valence-electron chi connectivity index (χ2n) is 20.2. The molecule has 0 aliphatic heterocycles. The molecule has 0 aromatic heterocycles. The van der Waals surface area contributed by atoms with Gasteiger partial charge >= 0.3 is 17.9 Å². The minimum Gasteiger partial charge on any atom is -0.462 e. The van der Waals surface area contributed by atoms with Crippen LogP contribution in [0.5, 0.6) is 0 Å². The van der Waals surface area contributed by atoms with Gasteiger partial charge in [0.15, 0.2) is 6.10 Å². The van der Waals surface area contributed by atoms with E-state index in [4.69, 9.17) is 14.2 Å². The van der Waals surface area contributed by atoms with Crippen LogP contribution in [-0.2, 0) is 28.6 Å². The van der Waals surface area contributed by atoms with Gasteiger partial charge in [0.25, 0.3) is 0 Å². The van der Waals surface area contributed by atoms with Gasteiger partial charge in [0, 0.05) is 19.3 Å². The molecular weight excluding hydrogens is 925 g/mol. The number of rotatable bonds is 55. The molecule has 0 spiro atoms. The van der Waals surface area contributed by atoms with E-state index in [1.54, 1.807) is 0 Å². The molecule has 6 heteroatoms. The van der Waals surface area contributed by atoms with Crippen molar-refractivity contribution >= 4 is 17.9 Å². The first-order valence-corrected chi connectivity index (χ1v) is 31.0. The summed E-state index contributed by atoms with van der Waals surface area (Å²) in [6, 6.07) is 0. The van der Waals surface area contributed by atoms with Crippen molar-refractivity contribution in [3.63, 3.8) is 0 Å². The van der Waals surface area contributed by atoms with Crippen LogP contribution in [0.2, 0.25) is 0 Å². The quantitative estimate of drug-likeness (QED) is 0.0261. The second-order valence-corrected chi connectivity index (χ2v) is 20.2. The van der Waals surface area contributed by atoms with Crippen LogP contribution in [0.4, 0.5) is 0 Å². The molecule has 1 atom stereocenters. The van der Waals surface area contributed by atoms with Crippen molar-refractivity contribution in [2.45, 2.75) is 284 Å². The van der Waals surface area contributed by atoms with E-state index in [1.165, 1.54) is 128 Å². The van der Waals surface area contributed by atoms with Crippen LogP contribution in [0.25, 0.3) is 0 Å². The first-order valence-electron chi connectivity index (χ1n) is 31.0. The molecule has 0 aromatic rings. The summed E-state index contributed by atoms with van der Waals surface area (Å²) in [6.45, 7) is 6.47. The zero-order valence-electron chi connectivity index (χ0n) is 48.8. The van der Waals surface area contributed by atoms with Crippen LogP contribution >= 0.6 is 0 Å². The third-order valence-electron chi connectivity index (χ3n) is 13.0. The average Bonchev–Trinajstić information content (AvgIpc) is 3.41. The molecule has 0 amide bonds. The molecule has 0 aliphatic carbocycles. The normalized spacial score (nSPS) is 12.9. The van der Waals surface area contributed by atoms with E-state index in [0.29, 0.717) is 19.3 Å². The van der Waals surface area contributed by atoms with Gasteiger partial charge < -0.3 is 14.2 Å². The van der Waals surface area contributed by atoms with Gasteiger partial charge in [-0.15, -0.1) is 0 Å². The smallest absolute Gasteiger partial charge is 0.306 e. The number of ether oxygens (including phenoxy) is 3. The maximum Gasteiger partial charge on any atom is 0.306 e. The number of allylic oxidation sites excluding steroid dienone is 20. The Morgan fingerprint density at radius 1 is 0.280 bits per heavy atom. The summed E-state index contributed by atoms with van der Waals surface area (Å²) in [5.74, 6) is -0.963. The van der Waals surface area contributed by atoms with E-state index in [-0.39, 0.29) is 37.5 Å². The standard InChI is InChI=1S/C69H114O6/c1-4-7-10-13-16-19-22-24-26-28-29-30-31-32-33-34-35-36-37-38-39-41-42-44-47-50-53-56-59-62-68(71)74-65-66(64-73-67(70)61-58-55-52-49-46-21-18-15-12-9-6-3)75-69(72)63-60-57-54-51-48-45-43-40-27-25-23-20-17-14-11-8-5-2/h7,10,16,19,24-27,29-30,32-33,35-36,38-39,42,44,50,53,66H,4-6,8-9,11-15,17-18,20-23,28,31,34,37,40-41,43,45-49,51-52,54-65H2,1-3H3/b10-7-,19-16-,26-24-,27-25-,30-29-,33-32-,36-35-,39-38-,44-42-,53-50-. The van der Waals surface area contributed by atoms with Crippen molar-refractivity contribution in [2.75, 3.05) is 13.2 Å². The molecule has 0 N–H and O–H groups in total. The van der Waals surface area contributed by atoms with Crippen LogP contribution < -0.4 is 0 Å². The maximum atomic E-state index is 12.9. The van der Waals surface area contributed by atoms with E-state index in [0.717, 1.165) is 103 Å². The third-order valence-corrected chi connectivity index (χ3v) is 13.0. The van der Waals surface area contributed by atoms with Gasteiger partial charge in [-0.25, -0.2) is 0 Å². The molecule has 0 heterocycles. The van der Waals surface area contributed by atoms with Gasteiger partial charge in [0.2, 0.25) is 0 Å². The van der Waals surface area contributed by atoms with E-state index < -0.39 is 6.10 Å². The van der Waals surface area contributed by atoms with Gasteiger partial charge in [-0.1, -0.05) is 271 Å². The highest BCUT2D eigenvalue weighted by atomic mass is 16.6. The SMILES string of the molecule is CC/C=C\C/C=C\C/C=C\C/C=C\C/C=C\C/C=C\C/C=C\C/C=C\C/C=C\CCCC(=O)OCC(COC(=O)CCCCCCCCCCCCC)OC(=O)CCCCCCCCC/C=C\CCCCCCCC. The van der Waals surface area contributed by atoms with Crippen LogP contribution in [0.3, 0.4) is 0 Å². The Kier molecular flexibility index (Phi) is 58.9. The summed E-state index contributed by atoms with van der Waals surface area (Å²) < 4.78 is 16.8. The summed E-state index contributed by atoms with van der Waals surface area (Å²) in [5, 5.41) is 0. The lowest BCUT2D eigenvalue weighted by atomic mass is 10.1. The monoisotopic (exact) mass is 1040 g/mol. The Balaban J connectivity index is 4.40. The lowest BCUT2D eigenvalue weighted by molar-refractivity contribution is -0.167. The fourth-order valence-corrected chi connectivity index (χ4v) is 8.32. The van der Waals surface area contributed by atoms with Gasteiger partial charge in [-0.2, -0.15) is 0 Å². The predicted octanol–water partition coefficient (Wildman–Crippen LogP) is 21.2. The first-order chi connectivity index (χ1) is 37.0. The average molecular weight is 1040 g/mol. The van der Waals surface area contributed by atoms with Gasteiger partial charge in [0.1, 0.15) is 13.2 Å². The molecule has 426 valence electrons. The number of unbranched alkanes of at least 4 members (excludes halogenated alkanes) is 24. The molecule has 75 heavy (non-hydrogen) atoms. The lowest BCUT2D eigenvalue weighted by Gasteiger charge is -2.18. The van der Waals surface area contributed by atoms with Gasteiger partial charge in [-0.3, -0.25) is 14.4 Å². The molecule has 0 aromatic carbocycles.